The summed E-state index contributed by atoms with van der Waals surface area (Å²) in [6.07, 6.45) is 0. The van der Waals surface area contributed by atoms with Crippen LogP contribution in [0.2, 0.25) is 0 Å². The van der Waals surface area contributed by atoms with Crippen LogP contribution in [0.1, 0.15) is 5.56 Å². The fourth-order valence-electron chi connectivity index (χ4n) is 1.59. The van der Waals surface area contributed by atoms with Crippen LogP contribution < -0.4 is 5.32 Å². The van der Waals surface area contributed by atoms with Crippen LogP contribution in [0.25, 0.3) is 0 Å². The van der Waals surface area contributed by atoms with Crippen LogP contribution in [-0.2, 0) is 4.79 Å². The number of hydrogen-bond acceptors (Lipinski definition) is 2. The van der Waals surface area contributed by atoms with Crippen LogP contribution in [0.3, 0.4) is 0 Å². The molecule has 0 atom stereocenters. The van der Waals surface area contributed by atoms with Gasteiger partial charge in [0.05, 0.1) is 11.4 Å². The second kappa shape index (κ2) is 6.67. The van der Waals surface area contributed by atoms with Gasteiger partial charge in [-0.2, -0.15) is 0 Å². The van der Waals surface area contributed by atoms with E-state index in [9.17, 15) is 18.0 Å². The Morgan fingerprint density at radius 2 is 1.71 bits per heavy atom. The first kappa shape index (κ1) is 15.4. The van der Waals surface area contributed by atoms with E-state index in [0.717, 1.165) is 22.6 Å². The van der Waals surface area contributed by atoms with Crippen molar-refractivity contribution in [1.29, 1.82) is 0 Å². The molecule has 1 amide bonds. The van der Waals surface area contributed by atoms with E-state index in [0.29, 0.717) is 0 Å². The van der Waals surface area contributed by atoms with Crippen molar-refractivity contribution in [3.8, 4) is 0 Å². The lowest BCUT2D eigenvalue weighted by Gasteiger charge is -2.07. The van der Waals surface area contributed by atoms with Crippen LogP contribution in [0.5, 0.6) is 0 Å². The van der Waals surface area contributed by atoms with E-state index in [1.807, 2.05) is 31.2 Å². The summed E-state index contributed by atoms with van der Waals surface area (Å²) in [4.78, 5) is 12.6. The van der Waals surface area contributed by atoms with E-state index in [4.69, 9.17) is 0 Å². The number of rotatable bonds is 4. The molecule has 6 heteroatoms. The summed E-state index contributed by atoms with van der Waals surface area (Å²) in [5.74, 6) is -4.74. The maximum Gasteiger partial charge on any atom is 0.234 e. The number of aryl methyl sites for hydroxylation is 1. The number of thioether (sulfide) groups is 1. The molecular formula is C15H12F3NOS. The molecule has 0 spiro atoms. The molecule has 0 aromatic heterocycles. The van der Waals surface area contributed by atoms with E-state index >= 15 is 0 Å². The molecule has 0 unspecified atom stereocenters. The molecule has 0 fully saturated rings. The van der Waals surface area contributed by atoms with E-state index in [1.54, 1.807) is 0 Å². The molecule has 2 rings (SSSR count). The Balaban J connectivity index is 1.96. The molecule has 1 N–H and O–H groups in total. The molecule has 110 valence electrons. The van der Waals surface area contributed by atoms with Crippen molar-refractivity contribution in [2.24, 2.45) is 0 Å². The van der Waals surface area contributed by atoms with Gasteiger partial charge in [-0.3, -0.25) is 4.79 Å². The third-order valence-electron chi connectivity index (χ3n) is 2.70. The van der Waals surface area contributed by atoms with Crippen molar-refractivity contribution < 1.29 is 18.0 Å². The summed E-state index contributed by atoms with van der Waals surface area (Å²) in [5.41, 5.74) is 0.732. The van der Waals surface area contributed by atoms with E-state index in [1.165, 1.54) is 11.8 Å². The van der Waals surface area contributed by atoms with Gasteiger partial charge in [-0.1, -0.05) is 17.7 Å². The molecule has 0 radical (unpaired) electrons. The van der Waals surface area contributed by atoms with Gasteiger partial charge in [-0.15, -0.1) is 11.8 Å². The molecule has 0 saturated carbocycles. The predicted molar refractivity (Wildman–Crippen MR) is 76.8 cm³/mol. The summed E-state index contributed by atoms with van der Waals surface area (Å²) in [7, 11) is 0. The summed E-state index contributed by atoms with van der Waals surface area (Å²) < 4.78 is 39.2. The fraction of sp³-hybridized carbons (Fsp3) is 0.133. The van der Waals surface area contributed by atoms with Gasteiger partial charge in [0.25, 0.3) is 0 Å². The SMILES string of the molecule is Cc1ccc(SCC(=O)Nc2ccc(F)c(F)c2F)cc1. The van der Waals surface area contributed by atoms with Gasteiger partial charge in [0.1, 0.15) is 0 Å². The van der Waals surface area contributed by atoms with Crippen LogP contribution >= 0.6 is 11.8 Å². The van der Waals surface area contributed by atoms with E-state index < -0.39 is 23.4 Å². The highest BCUT2D eigenvalue weighted by Gasteiger charge is 2.15. The minimum absolute atomic E-state index is 0.0432. The zero-order chi connectivity index (χ0) is 15.4. The van der Waals surface area contributed by atoms with Crippen LogP contribution in [0.15, 0.2) is 41.3 Å². The summed E-state index contributed by atoms with van der Waals surface area (Å²) in [6, 6.07) is 9.31. The van der Waals surface area contributed by atoms with Crippen molar-refractivity contribution >= 4 is 23.4 Å². The quantitative estimate of drug-likeness (QED) is 0.679. The number of amides is 1. The molecule has 0 aliphatic rings. The minimum atomic E-state index is -1.60. The third kappa shape index (κ3) is 4.01. The van der Waals surface area contributed by atoms with Crippen molar-refractivity contribution in [1.82, 2.24) is 0 Å². The van der Waals surface area contributed by atoms with Gasteiger partial charge in [-0.25, -0.2) is 13.2 Å². The smallest absolute Gasteiger partial charge is 0.234 e. The molecule has 0 bridgehead atoms. The highest BCUT2D eigenvalue weighted by molar-refractivity contribution is 8.00. The first-order valence-electron chi connectivity index (χ1n) is 6.10. The number of hydrogen-bond donors (Lipinski definition) is 1. The third-order valence-corrected chi connectivity index (χ3v) is 3.71. The maximum absolute atomic E-state index is 13.4. The van der Waals surface area contributed by atoms with Gasteiger partial charge in [-0.05, 0) is 31.2 Å². The van der Waals surface area contributed by atoms with E-state index in [2.05, 4.69) is 5.32 Å². The fourth-order valence-corrected chi connectivity index (χ4v) is 2.29. The topological polar surface area (TPSA) is 29.1 Å². The largest absolute Gasteiger partial charge is 0.323 e. The second-order valence-electron chi connectivity index (χ2n) is 4.37. The van der Waals surface area contributed by atoms with Gasteiger partial charge in [0, 0.05) is 4.90 Å². The molecule has 0 heterocycles. The summed E-state index contributed by atoms with van der Waals surface area (Å²) >= 11 is 1.27. The Hall–Kier alpha value is -1.95. The first-order chi connectivity index (χ1) is 9.97. The standard InChI is InChI=1S/C15H12F3NOS/c1-9-2-4-10(5-3-9)21-8-13(20)19-12-7-6-11(16)14(17)15(12)18/h2-7H,8H2,1H3,(H,19,20). The van der Waals surface area contributed by atoms with Crippen molar-refractivity contribution in [2.75, 3.05) is 11.1 Å². The lowest BCUT2D eigenvalue weighted by atomic mass is 10.2. The Kier molecular flexibility index (Phi) is 4.90. The van der Waals surface area contributed by atoms with Crippen molar-refractivity contribution in [3.05, 3.63) is 59.4 Å². The van der Waals surface area contributed by atoms with Gasteiger partial charge in [0.2, 0.25) is 5.91 Å². The monoisotopic (exact) mass is 311 g/mol. The number of anilines is 1. The normalized spacial score (nSPS) is 10.5. The Labute approximate surface area is 124 Å². The molecule has 0 saturated heterocycles. The zero-order valence-corrected chi connectivity index (χ0v) is 11.9. The number of carbonyl (C=O) groups excluding carboxylic acids is 1. The number of nitrogens with one attached hydrogen (secondary N) is 1. The number of carbonyl (C=O) groups is 1. The van der Waals surface area contributed by atoms with E-state index in [-0.39, 0.29) is 11.4 Å². The lowest BCUT2D eigenvalue weighted by molar-refractivity contribution is -0.113. The van der Waals surface area contributed by atoms with Crippen LogP contribution in [-0.4, -0.2) is 11.7 Å². The van der Waals surface area contributed by atoms with Crippen LogP contribution in [0.4, 0.5) is 18.9 Å². The summed E-state index contributed by atoms with van der Waals surface area (Å²) in [5, 5.41) is 2.22. The lowest BCUT2D eigenvalue weighted by Crippen LogP contribution is -2.15. The summed E-state index contributed by atoms with van der Waals surface area (Å²) in [6.45, 7) is 1.95. The number of halogens is 3. The Morgan fingerprint density at radius 1 is 1.05 bits per heavy atom. The molecule has 21 heavy (non-hydrogen) atoms. The van der Waals surface area contributed by atoms with Gasteiger partial charge in [0.15, 0.2) is 17.5 Å². The number of benzene rings is 2. The predicted octanol–water partition coefficient (Wildman–Crippen LogP) is 4.14. The first-order valence-corrected chi connectivity index (χ1v) is 7.09. The van der Waals surface area contributed by atoms with Gasteiger partial charge < -0.3 is 5.32 Å². The molecular weight excluding hydrogens is 299 g/mol. The molecule has 0 aliphatic carbocycles. The Bertz CT molecular complexity index is 659. The molecule has 0 aliphatic heterocycles. The van der Waals surface area contributed by atoms with Crippen molar-refractivity contribution in [2.45, 2.75) is 11.8 Å². The molecule has 2 aromatic carbocycles. The van der Waals surface area contributed by atoms with Crippen molar-refractivity contribution in [3.63, 3.8) is 0 Å². The second-order valence-corrected chi connectivity index (χ2v) is 5.42. The molecule has 2 nitrogen and oxygen atoms in total. The van der Waals surface area contributed by atoms with Crippen LogP contribution in [0, 0.1) is 24.4 Å². The highest BCUT2D eigenvalue weighted by atomic mass is 32.2. The average Bonchev–Trinajstić information content (AvgIpc) is 2.47. The highest BCUT2D eigenvalue weighted by Crippen LogP contribution is 2.21. The molecule has 2 aromatic rings. The average molecular weight is 311 g/mol. The minimum Gasteiger partial charge on any atom is -0.323 e. The van der Waals surface area contributed by atoms with Gasteiger partial charge >= 0.3 is 0 Å². The Morgan fingerprint density at radius 3 is 2.38 bits per heavy atom. The maximum atomic E-state index is 13.4. The zero-order valence-electron chi connectivity index (χ0n) is 11.1.